The van der Waals surface area contributed by atoms with Gasteiger partial charge in [-0.15, -0.1) is 10.2 Å². The summed E-state index contributed by atoms with van der Waals surface area (Å²) in [7, 11) is -10.7. The lowest BCUT2D eigenvalue weighted by molar-refractivity contribution is 0.434. The molecule has 23 heavy (non-hydrogen) atoms. The smallest absolute Gasteiger partial charge is 0.299 e. The van der Waals surface area contributed by atoms with E-state index in [0.717, 1.165) is 12.3 Å². The van der Waals surface area contributed by atoms with Crippen LogP contribution in [0.2, 0.25) is 0 Å². The number of hydrogen-bond acceptors (Lipinski definition) is 8. The quantitative estimate of drug-likeness (QED) is 0.490. The first-order valence-corrected chi connectivity index (χ1v) is 8.24. The van der Waals surface area contributed by atoms with Gasteiger partial charge in [0.1, 0.15) is 4.90 Å². The Bertz CT molecular complexity index is 995. The van der Waals surface area contributed by atoms with Gasteiger partial charge in [-0.2, -0.15) is 16.8 Å². The lowest BCUT2D eigenvalue weighted by atomic mass is 10.1. The van der Waals surface area contributed by atoms with Crippen LogP contribution in [0.4, 0.5) is 14.5 Å². The van der Waals surface area contributed by atoms with Crippen molar-refractivity contribution >= 4 is 25.9 Å². The molecule has 1 heterocycles. The molecule has 0 aliphatic rings. The summed E-state index contributed by atoms with van der Waals surface area (Å²) < 4.78 is 90.9. The predicted molar refractivity (Wildman–Crippen MR) is 69.2 cm³/mol. The van der Waals surface area contributed by atoms with Gasteiger partial charge in [-0.3, -0.25) is 9.11 Å². The minimum Gasteiger partial charge on any atom is -0.397 e. The van der Waals surface area contributed by atoms with Crippen LogP contribution in [-0.4, -0.2) is 41.4 Å². The van der Waals surface area contributed by atoms with E-state index in [1.807, 2.05) is 0 Å². The zero-order chi connectivity index (χ0) is 17.6. The van der Waals surface area contributed by atoms with Gasteiger partial charge in [0.15, 0.2) is 16.5 Å². The Morgan fingerprint density at radius 2 is 1.52 bits per heavy atom. The second kappa shape index (κ2) is 5.41. The highest BCUT2D eigenvalue weighted by molar-refractivity contribution is 7.86. The van der Waals surface area contributed by atoms with Crippen molar-refractivity contribution in [2.24, 2.45) is 0 Å². The van der Waals surface area contributed by atoms with E-state index in [9.17, 15) is 25.6 Å². The first-order chi connectivity index (χ1) is 10.5. The fourth-order valence-electron chi connectivity index (χ4n) is 1.79. The Morgan fingerprint density at radius 1 is 1.00 bits per heavy atom. The summed E-state index contributed by atoms with van der Waals surface area (Å²) in [6.45, 7) is 0. The van der Waals surface area contributed by atoms with Crippen LogP contribution in [0.25, 0.3) is 11.3 Å². The Balaban J connectivity index is 3.14. The monoisotopic (exact) mass is 368 g/mol. The van der Waals surface area contributed by atoms with Gasteiger partial charge in [0.2, 0.25) is 0 Å². The molecule has 0 aliphatic carbocycles. The number of halogens is 2. The van der Waals surface area contributed by atoms with Gasteiger partial charge >= 0.3 is 0 Å². The summed E-state index contributed by atoms with van der Waals surface area (Å²) in [5.74, 6) is -4.54. The summed E-state index contributed by atoms with van der Waals surface area (Å²) in [5.41, 5.74) is 2.65. The molecule has 124 valence electrons. The van der Waals surface area contributed by atoms with Crippen LogP contribution in [0, 0.1) is 11.6 Å². The summed E-state index contributed by atoms with van der Waals surface area (Å²) in [5, 5.41) is 9.66. The number of nitrogen functional groups attached to an aromatic ring is 1. The molecule has 0 unspecified atom stereocenters. The maximum absolute atomic E-state index is 14.0. The lowest BCUT2D eigenvalue weighted by Gasteiger charge is -2.14. The molecule has 0 atom stereocenters. The third-order valence-corrected chi connectivity index (χ3v) is 4.42. The molecule has 4 N–H and O–H groups in total. The third-order valence-electron chi connectivity index (χ3n) is 2.61. The predicted octanol–water partition coefficient (Wildman–Crippen LogP) is -0.108. The Kier molecular flexibility index (Phi) is 4.02. The normalized spacial score (nSPS) is 12.3. The van der Waals surface area contributed by atoms with Crippen LogP contribution in [-0.2, 0) is 20.2 Å². The topological polar surface area (TPSA) is 173 Å². The second-order valence-corrected chi connectivity index (χ2v) is 6.75. The van der Waals surface area contributed by atoms with Gasteiger partial charge in [0.05, 0.1) is 23.1 Å². The maximum Gasteiger partial charge on any atom is 0.299 e. The molecule has 0 radical (unpaired) electrons. The summed E-state index contributed by atoms with van der Waals surface area (Å²) >= 11 is 0. The van der Waals surface area contributed by atoms with E-state index in [4.69, 9.17) is 14.8 Å². The molecular formula is C9H6F2N4O6S2. The zero-order valence-electron chi connectivity index (χ0n) is 10.7. The average molecular weight is 368 g/mol. The Morgan fingerprint density at radius 3 is 1.96 bits per heavy atom. The fourth-order valence-corrected chi connectivity index (χ4v) is 3.27. The number of aromatic nitrogens is 3. The molecule has 0 aliphatic heterocycles. The molecule has 0 saturated heterocycles. The van der Waals surface area contributed by atoms with Crippen LogP contribution in [0.5, 0.6) is 0 Å². The van der Waals surface area contributed by atoms with Crippen molar-refractivity contribution in [1.29, 1.82) is 0 Å². The molecule has 2 aromatic rings. The molecule has 0 amide bonds. The van der Waals surface area contributed by atoms with E-state index in [1.54, 1.807) is 0 Å². The Labute approximate surface area is 127 Å². The largest absolute Gasteiger partial charge is 0.397 e. The van der Waals surface area contributed by atoms with Crippen LogP contribution < -0.4 is 5.73 Å². The van der Waals surface area contributed by atoms with Gasteiger partial charge < -0.3 is 5.73 Å². The number of rotatable bonds is 3. The first kappa shape index (κ1) is 17.1. The minimum absolute atomic E-state index is 0.533. The number of benzene rings is 1. The summed E-state index contributed by atoms with van der Waals surface area (Å²) in [6.07, 6.45) is 0.962. The van der Waals surface area contributed by atoms with Gasteiger partial charge in [-0.05, 0) is 11.3 Å². The standard InChI is InChI=1S/C9H6F2N4O6S2/c10-5-6(11)9(23(19,20)21)7(12)4(8(5)22(16,17)18)3-1-2-13-15-14-3/h1-2H,12H2,(H,16,17,18)(H,19,20,21). The van der Waals surface area contributed by atoms with Crippen LogP contribution in [0.3, 0.4) is 0 Å². The van der Waals surface area contributed by atoms with Gasteiger partial charge in [-0.1, -0.05) is 0 Å². The minimum atomic E-state index is -5.38. The fraction of sp³-hybridized carbons (Fsp3) is 0. The number of nitrogens with zero attached hydrogens (tertiary/aromatic N) is 3. The van der Waals surface area contributed by atoms with E-state index >= 15 is 0 Å². The molecule has 1 aromatic carbocycles. The van der Waals surface area contributed by atoms with E-state index < -0.39 is 58.6 Å². The summed E-state index contributed by atoms with van der Waals surface area (Å²) in [4.78, 5) is -3.35. The molecule has 0 spiro atoms. The molecule has 0 fully saturated rings. The maximum atomic E-state index is 14.0. The van der Waals surface area contributed by atoms with Crippen molar-refractivity contribution in [3.63, 3.8) is 0 Å². The highest BCUT2D eigenvalue weighted by atomic mass is 32.2. The molecule has 1 aromatic heterocycles. The van der Waals surface area contributed by atoms with E-state index in [2.05, 4.69) is 15.4 Å². The van der Waals surface area contributed by atoms with Crippen molar-refractivity contribution in [3.8, 4) is 11.3 Å². The lowest BCUT2D eigenvalue weighted by Crippen LogP contribution is -2.15. The van der Waals surface area contributed by atoms with E-state index in [1.165, 1.54) is 0 Å². The van der Waals surface area contributed by atoms with Gasteiger partial charge in [-0.25, -0.2) is 8.78 Å². The molecule has 14 heteroatoms. The molecule has 10 nitrogen and oxygen atoms in total. The van der Waals surface area contributed by atoms with E-state index in [-0.39, 0.29) is 0 Å². The summed E-state index contributed by atoms with van der Waals surface area (Å²) in [6, 6.07) is 0.943. The number of anilines is 1. The van der Waals surface area contributed by atoms with E-state index in [0.29, 0.717) is 0 Å². The molecule has 0 bridgehead atoms. The second-order valence-electron chi connectivity index (χ2n) is 4.03. The highest BCUT2D eigenvalue weighted by Crippen LogP contribution is 2.39. The van der Waals surface area contributed by atoms with Crippen LogP contribution in [0.1, 0.15) is 0 Å². The highest BCUT2D eigenvalue weighted by Gasteiger charge is 2.35. The average Bonchev–Trinajstić information content (AvgIpc) is 2.40. The molecule has 0 saturated carbocycles. The van der Waals surface area contributed by atoms with Crippen molar-refractivity contribution in [2.75, 3.05) is 5.73 Å². The third kappa shape index (κ3) is 2.96. The SMILES string of the molecule is Nc1c(-c2ccnnn2)c(S(=O)(=O)O)c(F)c(F)c1S(=O)(=O)O. The molecule has 2 rings (SSSR count). The van der Waals surface area contributed by atoms with Gasteiger partial charge in [0.25, 0.3) is 20.2 Å². The number of hydrogen-bond donors (Lipinski definition) is 3. The van der Waals surface area contributed by atoms with Gasteiger partial charge in [0, 0.05) is 0 Å². The van der Waals surface area contributed by atoms with Crippen molar-refractivity contribution < 1.29 is 34.7 Å². The van der Waals surface area contributed by atoms with Crippen molar-refractivity contribution in [1.82, 2.24) is 15.4 Å². The Hall–Kier alpha value is -2.29. The molecular weight excluding hydrogens is 362 g/mol. The van der Waals surface area contributed by atoms with Crippen LogP contribution in [0.15, 0.2) is 22.1 Å². The first-order valence-electron chi connectivity index (χ1n) is 5.36. The number of nitrogens with two attached hydrogens (primary N) is 1. The van der Waals surface area contributed by atoms with Crippen molar-refractivity contribution in [2.45, 2.75) is 9.79 Å². The zero-order valence-corrected chi connectivity index (χ0v) is 12.3. The van der Waals surface area contributed by atoms with Crippen LogP contribution >= 0.6 is 0 Å². The van der Waals surface area contributed by atoms with Crippen molar-refractivity contribution in [3.05, 3.63) is 23.9 Å².